The summed E-state index contributed by atoms with van der Waals surface area (Å²) < 4.78 is 4.91. The van der Waals surface area contributed by atoms with Gasteiger partial charge in [0.25, 0.3) is 5.91 Å². The number of anilines is 1. The van der Waals surface area contributed by atoms with E-state index in [0.717, 1.165) is 5.56 Å². The fourth-order valence-corrected chi connectivity index (χ4v) is 1.92. The van der Waals surface area contributed by atoms with Crippen LogP contribution >= 0.6 is 0 Å². The summed E-state index contributed by atoms with van der Waals surface area (Å²) in [6.45, 7) is 7.55. The second-order valence-electron chi connectivity index (χ2n) is 4.91. The Balaban J connectivity index is 2.96. The van der Waals surface area contributed by atoms with E-state index >= 15 is 0 Å². The van der Waals surface area contributed by atoms with Gasteiger partial charge in [0.2, 0.25) is 0 Å². The summed E-state index contributed by atoms with van der Waals surface area (Å²) in [6.07, 6.45) is 0. The van der Waals surface area contributed by atoms with Crippen molar-refractivity contribution in [1.29, 1.82) is 0 Å². The van der Waals surface area contributed by atoms with Crippen molar-refractivity contribution < 1.29 is 14.3 Å². The van der Waals surface area contributed by atoms with E-state index in [1.54, 1.807) is 25.1 Å². The van der Waals surface area contributed by atoms with Gasteiger partial charge in [-0.15, -0.1) is 0 Å². The van der Waals surface area contributed by atoms with Crippen molar-refractivity contribution in [3.8, 4) is 0 Å². The molecule has 0 aliphatic heterocycles. The third-order valence-corrected chi connectivity index (χ3v) is 2.97. The number of nitrogen functional groups attached to an aromatic ring is 1. The maximum Gasteiger partial charge on any atom is 0.325 e. The zero-order valence-electron chi connectivity index (χ0n) is 12.5. The molecular weight excluding hydrogens is 256 g/mol. The van der Waals surface area contributed by atoms with Crippen LogP contribution in [0.1, 0.15) is 36.7 Å². The second kappa shape index (κ2) is 6.93. The van der Waals surface area contributed by atoms with Crippen molar-refractivity contribution in [2.45, 2.75) is 33.7 Å². The molecule has 0 fully saturated rings. The minimum absolute atomic E-state index is 0.0475. The third kappa shape index (κ3) is 3.98. The van der Waals surface area contributed by atoms with E-state index in [9.17, 15) is 9.59 Å². The molecule has 0 unspecified atom stereocenters. The number of hydrogen-bond acceptors (Lipinski definition) is 4. The minimum Gasteiger partial charge on any atom is -0.465 e. The number of carbonyl (C=O) groups excluding carboxylic acids is 2. The van der Waals surface area contributed by atoms with Crippen LogP contribution < -0.4 is 5.73 Å². The molecule has 0 heterocycles. The Morgan fingerprint density at radius 1 is 1.35 bits per heavy atom. The van der Waals surface area contributed by atoms with Crippen molar-refractivity contribution in [2.75, 3.05) is 18.9 Å². The molecule has 1 rings (SSSR count). The van der Waals surface area contributed by atoms with Crippen LogP contribution in [0.15, 0.2) is 18.2 Å². The average Bonchev–Trinajstić information content (AvgIpc) is 2.35. The third-order valence-electron chi connectivity index (χ3n) is 2.97. The molecule has 0 aromatic heterocycles. The molecule has 0 saturated heterocycles. The molecule has 0 radical (unpaired) electrons. The zero-order valence-corrected chi connectivity index (χ0v) is 12.5. The number of rotatable bonds is 5. The molecule has 1 aromatic rings. The van der Waals surface area contributed by atoms with E-state index in [2.05, 4.69) is 0 Å². The van der Waals surface area contributed by atoms with Crippen LogP contribution in [0, 0.1) is 6.92 Å². The van der Waals surface area contributed by atoms with E-state index in [-0.39, 0.29) is 18.5 Å². The smallest absolute Gasteiger partial charge is 0.325 e. The number of carbonyl (C=O) groups is 2. The Morgan fingerprint density at radius 2 is 2.00 bits per heavy atom. The van der Waals surface area contributed by atoms with Crippen molar-refractivity contribution in [2.24, 2.45) is 0 Å². The van der Waals surface area contributed by atoms with Crippen LogP contribution in [-0.4, -0.2) is 36.0 Å². The predicted molar refractivity (Wildman–Crippen MR) is 78.4 cm³/mol. The van der Waals surface area contributed by atoms with Gasteiger partial charge in [0, 0.05) is 17.3 Å². The number of hydrogen-bond donors (Lipinski definition) is 1. The number of nitrogens with two attached hydrogens (primary N) is 1. The monoisotopic (exact) mass is 278 g/mol. The summed E-state index contributed by atoms with van der Waals surface area (Å²) in [5, 5.41) is 0. The molecule has 1 aromatic carbocycles. The minimum atomic E-state index is -0.400. The Labute approximate surface area is 119 Å². The fraction of sp³-hybridized carbons (Fsp3) is 0.467. The fourth-order valence-electron chi connectivity index (χ4n) is 1.92. The van der Waals surface area contributed by atoms with Gasteiger partial charge in [-0.1, -0.05) is 0 Å². The Kier molecular flexibility index (Phi) is 5.55. The van der Waals surface area contributed by atoms with Gasteiger partial charge in [0.1, 0.15) is 6.54 Å². The zero-order chi connectivity index (χ0) is 15.3. The molecule has 0 aliphatic rings. The number of benzene rings is 1. The molecule has 20 heavy (non-hydrogen) atoms. The number of ether oxygens (including phenoxy) is 1. The predicted octanol–water partition coefficient (Wildman–Crippen LogP) is 1.99. The van der Waals surface area contributed by atoms with Crippen molar-refractivity contribution in [3.63, 3.8) is 0 Å². The van der Waals surface area contributed by atoms with Gasteiger partial charge in [-0.3, -0.25) is 9.59 Å². The average molecular weight is 278 g/mol. The lowest BCUT2D eigenvalue weighted by Crippen LogP contribution is -2.41. The Bertz CT molecular complexity index is 498. The topological polar surface area (TPSA) is 72.6 Å². The first kappa shape index (κ1) is 16.0. The maximum absolute atomic E-state index is 12.5. The second-order valence-corrected chi connectivity index (χ2v) is 4.91. The van der Waals surface area contributed by atoms with Gasteiger partial charge in [0.05, 0.1) is 6.61 Å². The number of nitrogens with zero attached hydrogens (tertiary/aromatic N) is 1. The number of amides is 1. The summed E-state index contributed by atoms with van der Waals surface area (Å²) in [4.78, 5) is 25.6. The summed E-state index contributed by atoms with van der Waals surface area (Å²) in [6, 6.07) is 5.02. The molecule has 5 heteroatoms. The van der Waals surface area contributed by atoms with Gasteiger partial charge in [-0.25, -0.2) is 0 Å². The molecule has 0 bridgehead atoms. The van der Waals surface area contributed by atoms with Crippen LogP contribution in [0.2, 0.25) is 0 Å². The normalized spacial score (nSPS) is 10.4. The van der Waals surface area contributed by atoms with Crippen LogP contribution in [0.25, 0.3) is 0 Å². The molecule has 0 spiro atoms. The standard InChI is InChI=1S/C15H22N2O3/c1-5-20-14(18)9-17(10(2)3)15(19)13-7-6-12(16)8-11(13)4/h6-8,10H,5,9,16H2,1-4H3. The van der Waals surface area contributed by atoms with E-state index in [1.807, 2.05) is 20.8 Å². The highest BCUT2D eigenvalue weighted by Gasteiger charge is 2.23. The van der Waals surface area contributed by atoms with E-state index < -0.39 is 5.97 Å². The number of esters is 1. The quantitative estimate of drug-likeness (QED) is 0.660. The van der Waals surface area contributed by atoms with Gasteiger partial charge >= 0.3 is 5.97 Å². The van der Waals surface area contributed by atoms with Crippen LogP contribution in [0.3, 0.4) is 0 Å². The highest BCUT2D eigenvalue weighted by atomic mass is 16.5. The molecule has 110 valence electrons. The largest absolute Gasteiger partial charge is 0.465 e. The van der Waals surface area contributed by atoms with Crippen LogP contribution in [0.5, 0.6) is 0 Å². The Morgan fingerprint density at radius 3 is 2.50 bits per heavy atom. The molecule has 0 aliphatic carbocycles. The van der Waals surface area contributed by atoms with Gasteiger partial charge in [-0.05, 0) is 51.5 Å². The maximum atomic E-state index is 12.5. The lowest BCUT2D eigenvalue weighted by Gasteiger charge is -2.26. The van der Waals surface area contributed by atoms with Crippen molar-refractivity contribution in [1.82, 2.24) is 4.90 Å². The molecule has 5 nitrogen and oxygen atoms in total. The van der Waals surface area contributed by atoms with Crippen molar-refractivity contribution >= 4 is 17.6 Å². The van der Waals surface area contributed by atoms with E-state index in [0.29, 0.717) is 17.9 Å². The number of aryl methyl sites for hydroxylation is 1. The van der Waals surface area contributed by atoms with Crippen molar-refractivity contribution in [3.05, 3.63) is 29.3 Å². The Hall–Kier alpha value is -2.04. The van der Waals surface area contributed by atoms with Gasteiger partial charge in [0.15, 0.2) is 0 Å². The molecule has 0 atom stereocenters. The first-order chi connectivity index (χ1) is 9.36. The lowest BCUT2D eigenvalue weighted by atomic mass is 10.1. The molecule has 2 N–H and O–H groups in total. The molecular formula is C15H22N2O3. The molecule has 0 saturated carbocycles. The van der Waals surface area contributed by atoms with Gasteiger partial charge < -0.3 is 15.4 Å². The summed E-state index contributed by atoms with van der Waals surface area (Å²) in [5.41, 5.74) is 7.65. The molecule has 1 amide bonds. The van der Waals surface area contributed by atoms with Crippen LogP contribution in [0.4, 0.5) is 5.69 Å². The highest BCUT2D eigenvalue weighted by Crippen LogP contribution is 2.16. The summed E-state index contributed by atoms with van der Waals surface area (Å²) >= 11 is 0. The van der Waals surface area contributed by atoms with E-state index in [4.69, 9.17) is 10.5 Å². The summed E-state index contributed by atoms with van der Waals surface area (Å²) in [7, 11) is 0. The highest BCUT2D eigenvalue weighted by molar-refractivity contribution is 5.97. The first-order valence-electron chi connectivity index (χ1n) is 6.69. The summed E-state index contributed by atoms with van der Waals surface area (Å²) in [5.74, 6) is -0.590. The first-order valence-corrected chi connectivity index (χ1v) is 6.69. The lowest BCUT2D eigenvalue weighted by molar-refractivity contribution is -0.144. The van der Waals surface area contributed by atoms with Crippen LogP contribution in [-0.2, 0) is 9.53 Å². The van der Waals surface area contributed by atoms with Gasteiger partial charge in [-0.2, -0.15) is 0 Å². The SMILES string of the molecule is CCOC(=O)CN(C(=O)c1ccc(N)cc1C)C(C)C. The van der Waals surface area contributed by atoms with E-state index in [1.165, 1.54) is 4.90 Å².